The summed E-state index contributed by atoms with van der Waals surface area (Å²) in [7, 11) is 0. The van der Waals surface area contributed by atoms with Gasteiger partial charge >= 0.3 is 6.09 Å². The van der Waals surface area contributed by atoms with Gasteiger partial charge in [-0.3, -0.25) is 9.55 Å². The smallest absolute Gasteiger partial charge is 0.433 e. The maximum absolute atomic E-state index is 10.5. The molecule has 0 aliphatic rings. The van der Waals surface area contributed by atoms with Gasteiger partial charge < -0.3 is 5.11 Å². The van der Waals surface area contributed by atoms with E-state index in [1.54, 1.807) is 34.6 Å². The molecule has 1 N–H and O–H groups in total. The molecule has 2 heterocycles. The molecule has 76 valence electrons. The van der Waals surface area contributed by atoms with Crippen LogP contribution in [0.15, 0.2) is 41.1 Å². The van der Waals surface area contributed by atoms with Gasteiger partial charge in [-0.15, -0.1) is 16.3 Å². The lowest BCUT2D eigenvalue weighted by Crippen LogP contribution is -2.13. The summed E-state index contributed by atoms with van der Waals surface area (Å²) in [6.45, 7) is 0. The van der Waals surface area contributed by atoms with E-state index in [4.69, 9.17) is 5.11 Å². The highest BCUT2D eigenvalue weighted by molar-refractivity contribution is 7.07. The molecule has 0 fully saturated rings. The molecule has 0 saturated heterocycles. The largest absolute Gasteiger partial charge is 0.463 e. The summed E-state index contributed by atoms with van der Waals surface area (Å²) in [5.74, 6) is 0. The number of carboxylic acid groups (broad SMARTS) is 1. The SMILES string of the molecule is O=C(O)N=c1sccn1-c1cccnc1. The van der Waals surface area contributed by atoms with Gasteiger partial charge in [0, 0.05) is 17.8 Å². The van der Waals surface area contributed by atoms with Gasteiger partial charge in [-0.1, -0.05) is 0 Å². The van der Waals surface area contributed by atoms with E-state index in [2.05, 4.69) is 9.98 Å². The molecule has 6 heteroatoms. The molecule has 2 rings (SSSR count). The molecule has 0 saturated carbocycles. The highest BCUT2D eigenvalue weighted by atomic mass is 32.1. The van der Waals surface area contributed by atoms with Gasteiger partial charge in [-0.2, -0.15) is 0 Å². The van der Waals surface area contributed by atoms with E-state index >= 15 is 0 Å². The third-order valence-electron chi connectivity index (χ3n) is 1.70. The Kier molecular flexibility index (Phi) is 2.59. The summed E-state index contributed by atoms with van der Waals surface area (Å²) in [4.78, 5) is 18.3. The van der Waals surface area contributed by atoms with E-state index in [0.29, 0.717) is 4.80 Å². The van der Waals surface area contributed by atoms with E-state index < -0.39 is 6.09 Å². The van der Waals surface area contributed by atoms with Crippen molar-refractivity contribution >= 4 is 17.4 Å². The zero-order valence-corrected chi connectivity index (χ0v) is 8.39. The lowest BCUT2D eigenvalue weighted by atomic mass is 10.4. The fraction of sp³-hybridized carbons (Fsp3) is 0. The number of pyridine rings is 1. The maximum atomic E-state index is 10.5. The zero-order valence-electron chi connectivity index (χ0n) is 7.57. The summed E-state index contributed by atoms with van der Waals surface area (Å²) >= 11 is 1.26. The molecule has 1 amide bonds. The first-order chi connectivity index (χ1) is 7.27. The number of hydrogen-bond acceptors (Lipinski definition) is 3. The number of amides is 1. The van der Waals surface area contributed by atoms with E-state index in [-0.39, 0.29) is 0 Å². The Bertz CT molecular complexity index is 530. The van der Waals surface area contributed by atoms with Crippen molar-refractivity contribution in [1.29, 1.82) is 0 Å². The normalized spacial score (nSPS) is 11.6. The van der Waals surface area contributed by atoms with Crippen molar-refractivity contribution in [2.24, 2.45) is 4.99 Å². The molecule has 0 bridgehead atoms. The van der Waals surface area contributed by atoms with Crippen LogP contribution in [0.2, 0.25) is 0 Å². The Morgan fingerprint density at radius 3 is 3.13 bits per heavy atom. The summed E-state index contributed by atoms with van der Waals surface area (Å²) in [5, 5.41) is 10.3. The van der Waals surface area contributed by atoms with Crippen LogP contribution in [0, 0.1) is 0 Å². The minimum absolute atomic E-state index is 0.413. The first kappa shape index (κ1) is 9.60. The predicted octanol–water partition coefficient (Wildman–Crippen LogP) is 1.51. The van der Waals surface area contributed by atoms with Crippen LogP contribution in [0.1, 0.15) is 0 Å². The third kappa shape index (κ3) is 2.10. The van der Waals surface area contributed by atoms with Crippen molar-refractivity contribution in [2.75, 3.05) is 0 Å². The van der Waals surface area contributed by atoms with E-state index in [1.807, 2.05) is 6.07 Å². The van der Waals surface area contributed by atoms with Gasteiger partial charge in [0.05, 0.1) is 11.9 Å². The lowest BCUT2D eigenvalue weighted by Gasteiger charge is -1.99. The van der Waals surface area contributed by atoms with Crippen LogP contribution in [-0.2, 0) is 0 Å². The summed E-state index contributed by atoms with van der Waals surface area (Å²) < 4.78 is 1.67. The Hall–Kier alpha value is -1.95. The number of carbonyl (C=O) groups is 1. The quantitative estimate of drug-likeness (QED) is 0.793. The number of thiazole rings is 1. The molecule has 2 aromatic rings. The van der Waals surface area contributed by atoms with Crippen molar-refractivity contribution in [3.8, 4) is 5.69 Å². The van der Waals surface area contributed by atoms with Crippen LogP contribution in [0.4, 0.5) is 4.79 Å². The fourth-order valence-corrected chi connectivity index (χ4v) is 1.84. The number of rotatable bonds is 1. The summed E-state index contributed by atoms with van der Waals surface area (Å²) in [5.41, 5.74) is 0.791. The first-order valence-corrected chi connectivity index (χ1v) is 4.99. The monoisotopic (exact) mass is 221 g/mol. The first-order valence-electron chi connectivity index (χ1n) is 4.11. The number of nitrogens with zero attached hydrogens (tertiary/aromatic N) is 3. The minimum atomic E-state index is -1.20. The molecule has 0 aliphatic carbocycles. The second kappa shape index (κ2) is 4.05. The molecule has 0 radical (unpaired) electrons. The lowest BCUT2D eigenvalue weighted by molar-refractivity contribution is 0.204. The fourth-order valence-electron chi connectivity index (χ4n) is 1.13. The maximum Gasteiger partial charge on any atom is 0.433 e. The molecule has 5 nitrogen and oxygen atoms in total. The minimum Gasteiger partial charge on any atom is -0.463 e. The van der Waals surface area contributed by atoms with Crippen molar-refractivity contribution in [3.63, 3.8) is 0 Å². The van der Waals surface area contributed by atoms with Crippen molar-refractivity contribution in [1.82, 2.24) is 9.55 Å². The molecule has 0 aromatic carbocycles. The Morgan fingerprint density at radius 2 is 2.47 bits per heavy atom. The van der Waals surface area contributed by atoms with Crippen LogP contribution in [0.25, 0.3) is 5.69 Å². The van der Waals surface area contributed by atoms with Gasteiger partial charge in [0.25, 0.3) is 0 Å². The molecular weight excluding hydrogens is 214 g/mol. The molecular formula is C9H7N3O2S. The third-order valence-corrected chi connectivity index (χ3v) is 2.46. The predicted molar refractivity (Wildman–Crippen MR) is 55.0 cm³/mol. The Balaban J connectivity index is 2.56. The number of aromatic nitrogens is 2. The van der Waals surface area contributed by atoms with Gasteiger partial charge in [-0.05, 0) is 12.1 Å². The molecule has 15 heavy (non-hydrogen) atoms. The molecule has 0 aliphatic heterocycles. The van der Waals surface area contributed by atoms with Crippen molar-refractivity contribution in [2.45, 2.75) is 0 Å². The van der Waals surface area contributed by atoms with Gasteiger partial charge in [0.1, 0.15) is 0 Å². The second-order valence-electron chi connectivity index (χ2n) is 2.66. The van der Waals surface area contributed by atoms with E-state index in [0.717, 1.165) is 5.69 Å². The van der Waals surface area contributed by atoms with Crippen LogP contribution in [0.5, 0.6) is 0 Å². The van der Waals surface area contributed by atoms with E-state index in [9.17, 15) is 4.79 Å². The van der Waals surface area contributed by atoms with Gasteiger partial charge in [-0.25, -0.2) is 4.79 Å². The molecule has 2 aromatic heterocycles. The van der Waals surface area contributed by atoms with Crippen molar-refractivity contribution < 1.29 is 9.90 Å². The highest BCUT2D eigenvalue weighted by Gasteiger charge is 1.99. The Morgan fingerprint density at radius 1 is 1.60 bits per heavy atom. The van der Waals surface area contributed by atoms with Crippen LogP contribution in [0.3, 0.4) is 0 Å². The molecule has 0 atom stereocenters. The average Bonchev–Trinajstić information content (AvgIpc) is 2.66. The van der Waals surface area contributed by atoms with Gasteiger partial charge in [0.15, 0.2) is 0 Å². The van der Waals surface area contributed by atoms with Crippen LogP contribution in [-0.4, -0.2) is 20.8 Å². The second-order valence-corrected chi connectivity index (χ2v) is 3.53. The van der Waals surface area contributed by atoms with Gasteiger partial charge in [0.2, 0.25) is 4.80 Å². The zero-order chi connectivity index (χ0) is 10.7. The summed E-state index contributed by atoms with van der Waals surface area (Å²) in [6.07, 6.45) is 3.86. The van der Waals surface area contributed by atoms with Crippen molar-refractivity contribution in [3.05, 3.63) is 40.9 Å². The van der Waals surface area contributed by atoms with E-state index in [1.165, 1.54) is 11.3 Å². The topological polar surface area (TPSA) is 67.5 Å². The standard InChI is InChI=1S/C9H7N3O2S/c13-9(14)11-8-12(4-5-15-8)7-2-1-3-10-6-7/h1-6H,(H,13,14). The Labute approximate surface area is 89.0 Å². The summed E-state index contributed by atoms with van der Waals surface area (Å²) in [6, 6.07) is 3.62. The number of hydrogen-bond donors (Lipinski definition) is 1. The average molecular weight is 221 g/mol. The molecule has 0 unspecified atom stereocenters. The molecule has 0 spiro atoms. The van der Waals surface area contributed by atoms with Crippen LogP contribution >= 0.6 is 11.3 Å². The van der Waals surface area contributed by atoms with Crippen LogP contribution < -0.4 is 4.80 Å². The highest BCUT2D eigenvalue weighted by Crippen LogP contribution is 2.03.